The van der Waals surface area contributed by atoms with Crippen molar-refractivity contribution in [3.63, 3.8) is 0 Å². The van der Waals surface area contributed by atoms with Crippen molar-refractivity contribution in [2.75, 3.05) is 5.32 Å². The molecule has 0 saturated carbocycles. The number of carbonyl (C=O) groups excluding carboxylic acids is 1. The summed E-state index contributed by atoms with van der Waals surface area (Å²) in [6.45, 7) is 3.82. The molecule has 1 amide bonds. The minimum absolute atomic E-state index is 0.0785. The number of aryl methyl sites for hydroxylation is 1. The van der Waals surface area contributed by atoms with E-state index in [9.17, 15) is 9.59 Å². The predicted molar refractivity (Wildman–Crippen MR) is 75.1 cm³/mol. The third-order valence-corrected chi connectivity index (χ3v) is 3.10. The van der Waals surface area contributed by atoms with Gasteiger partial charge in [0.25, 0.3) is 5.91 Å². The monoisotopic (exact) mass is 270 g/mol. The van der Waals surface area contributed by atoms with Gasteiger partial charge in [0.05, 0.1) is 5.56 Å². The average Bonchev–Trinajstić information content (AvgIpc) is 2.42. The van der Waals surface area contributed by atoms with Gasteiger partial charge in [-0.15, -0.1) is 0 Å². The molecule has 0 radical (unpaired) electrons. The number of nitrogens with one attached hydrogen (secondary N) is 1. The van der Waals surface area contributed by atoms with E-state index in [4.69, 9.17) is 5.11 Å². The Balaban J connectivity index is 2.19. The van der Waals surface area contributed by atoms with Crippen molar-refractivity contribution in [3.05, 3.63) is 58.8 Å². The highest BCUT2D eigenvalue weighted by Gasteiger charge is 2.11. The van der Waals surface area contributed by atoms with Crippen LogP contribution in [0.25, 0.3) is 0 Å². The topological polar surface area (TPSA) is 79.3 Å². The zero-order valence-electron chi connectivity index (χ0n) is 11.2. The maximum atomic E-state index is 12.1. The Morgan fingerprint density at radius 1 is 1.15 bits per heavy atom. The number of nitrogens with zero attached hydrogens (tertiary/aromatic N) is 1. The first-order chi connectivity index (χ1) is 9.49. The molecule has 0 saturated heterocycles. The Morgan fingerprint density at radius 3 is 2.50 bits per heavy atom. The summed E-state index contributed by atoms with van der Waals surface area (Å²) in [6, 6.07) is 8.36. The number of carbonyl (C=O) groups is 2. The quantitative estimate of drug-likeness (QED) is 0.898. The highest BCUT2D eigenvalue weighted by Crippen LogP contribution is 2.14. The van der Waals surface area contributed by atoms with Gasteiger partial charge in [-0.2, -0.15) is 0 Å². The zero-order valence-corrected chi connectivity index (χ0v) is 11.2. The molecule has 2 N–H and O–H groups in total. The molecule has 0 unspecified atom stereocenters. The second-order valence-electron chi connectivity index (χ2n) is 4.44. The molecule has 20 heavy (non-hydrogen) atoms. The van der Waals surface area contributed by atoms with Crippen LogP contribution in [-0.2, 0) is 0 Å². The van der Waals surface area contributed by atoms with E-state index in [1.54, 1.807) is 6.07 Å². The third-order valence-electron chi connectivity index (χ3n) is 3.10. The summed E-state index contributed by atoms with van der Waals surface area (Å²) in [6.07, 6.45) is 1.21. The first kappa shape index (κ1) is 13.7. The van der Waals surface area contributed by atoms with Crippen LogP contribution in [0.2, 0.25) is 0 Å². The number of anilines is 1. The molecular formula is C15H14N2O3. The standard InChI is InChI=1S/C15H14N2O3/c1-9-4-3-5-12(10(9)2)14(18)17-13-7-6-11(8-16-13)15(19)20/h3-8H,1-2H3,(H,19,20)(H,16,17,18). The van der Waals surface area contributed by atoms with E-state index in [0.717, 1.165) is 11.1 Å². The third kappa shape index (κ3) is 2.83. The Kier molecular flexibility index (Phi) is 3.79. The fourth-order valence-corrected chi connectivity index (χ4v) is 1.78. The second kappa shape index (κ2) is 5.52. The molecule has 0 spiro atoms. The van der Waals surface area contributed by atoms with Crippen LogP contribution in [0.1, 0.15) is 31.8 Å². The zero-order chi connectivity index (χ0) is 14.7. The van der Waals surface area contributed by atoms with E-state index in [-0.39, 0.29) is 11.5 Å². The van der Waals surface area contributed by atoms with E-state index in [0.29, 0.717) is 11.4 Å². The summed E-state index contributed by atoms with van der Waals surface area (Å²) in [5, 5.41) is 11.4. The molecule has 5 nitrogen and oxygen atoms in total. The highest BCUT2D eigenvalue weighted by atomic mass is 16.4. The van der Waals surface area contributed by atoms with Crippen LogP contribution in [0, 0.1) is 13.8 Å². The Labute approximate surface area is 116 Å². The molecule has 0 fully saturated rings. The van der Waals surface area contributed by atoms with E-state index in [1.807, 2.05) is 26.0 Å². The molecule has 0 atom stereocenters. The van der Waals surface area contributed by atoms with Crippen LogP contribution >= 0.6 is 0 Å². The second-order valence-corrected chi connectivity index (χ2v) is 4.44. The number of rotatable bonds is 3. The van der Waals surface area contributed by atoms with Crippen LogP contribution in [-0.4, -0.2) is 22.0 Å². The van der Waals surface area contributed by atoms with E-state index in [2.05, 4.69) is 10.3 Å². The summed E-state index contributed by atoms with van der Waals surface area (Å²) in [4.78, 5) is 26.8. The normalized spacial score (nSPS) is 10.1. The lowest BCUT2D eigenvalue weighted by atomic mass is 10.0. The van der Waals surface area contributed by atoms with E-state index in [1.165, 1.54) is 18.3 Å². The van der Waals surface area contributed by atoms with Crippen LogP contribution in [0.5, 0.6) is 0 Å². The van der Waals surface area contributed by atoms with Gasteiger partial charge in [-0.05, 0) is 43.2 Å². The Morgan fingerprint density at radius 2 is 1.90 bits per heavy atom. The smallest absolute Gasteiger partial charge is 0.337 e. The van der Waals surface area contributed by atoms with Gasteiger partial charge in [0.2, 0.25) is 0 Å². The maximum absolute atomic E-state index is 12.1. The minimum Gasteiger partial charge on any atom is -0.478 e. The van der Waals surface area contributed by atoms with E-state index < -0.39 is 5.97 Å². The Bertz CT molecular complexity index is 663. The van der Waals surface area contributed by atoms with Crippen molar-refractivity contribution < 1.29 is 14.7 Å². The summed E-state index contributed by atoms with van der Waals surface area (Å²) >= 11 is 0. The van der Waals surface area contributed by atoms with Gasteiger partial charge < -0.3 is 10.4 Å². The number of pyridine rings is 1. The van der Waals surface area contributed by atoms with Gasteiger partial charge in [-0.3, -0.25) is 4.79 Å². The molecular weight excluding hydrogens is 256 g/mol. The number of hydrogen-bond acceptors (Lipinski definition) is 3. The number of amides is 1. The predicted octanol–water partition coefficient (Wildman–Crippen LogP) is 2.65. The molecule has 2 aromatic rings. The van der Waals surface area contributed by atoms with Gasteiger partial charge in [-0.25, -0.2) is 9.78 Å². The van der Waals surface area contributed by atoms with Crippen molar-refractivity contribution in [3.8, 4) is 0 Å². The maximum Gasteiger partial charge on any atom is 0.337 e. The van der Waals surface area contributed by atoms with Crippen LogP contribution in [0.4, 0.5) is 5.82 Å². The largest absolute Gasteiger partial charge is 0.478 e. The number of carboxylic acids is 1. The average molecular weight is 270 g/mol. The first-order valence-corrected chi connectivity index (χ1v) is 6.06. The molecule has 1 aromatic heterocycles. The first-order valence-electron chi connectivity index (χ1n) is 6.06. The molecule has 1 aromatic carbocycles. The van der Waals surface area contributed by atoms with Gasteiger partial charge in [-0.1, -0.05) is 12.1 Å². The molecule has 0 aliphatic rings. The molecule has 1 heterocycles. The molecule has 0 aliphatic heterocycles. The lowest BCUT2D eigenvalue weighted by Crippen LogP contribution is -2.15. The summed E-state index contributed by atoms with van der Waals surface area (Å²) in [5.41, 5.74) is 2.60. The number of aromatic carboxylic acids is 1. The van der Waals surface area contributed by atoms with Gasteiger partial charge in [0.15, 0.2) is 0 Å². The van der Waals surface area contributed by atoms with Gasteiger partial charge >= 0.3 is 5.97 Å². The summed E-state index contributed by atoms with van der Waals surface area (Å²) < 4.78 is 0. The minimum atomic E-state index is -1.05. The van der Waals surface area contributed by atoms with Crippen molar-refractivity contribution in [2.45, 2.75) is 13.8 Å². The van der Waals surface area contributed by atoms with Crippen LogP contribution in [0.3, 0.4) is 0 Å². The van der Waals surface area contributed by atoms with Crippen molar-refractivity contribution >= 4 is 17.7 Å². The number of hydrogen-bond donors (Lipinski definition) is 2. The van der Waals surface area contributed by atoms with Crippen molar-refractivity contribution in [1.82, 2.24) is 4.98 Å². The van der Waals surface area contributed by atoms with Crippen molar-refractivity contribution in [2.24, 2.45) is 0 Å². The van der Waals surface area contributed by atoms with Gasteiger partial charge in [0, 0.05) is 11.8 Å². The highest BCUT2D eigenvalue weighted by molar-refractivity contribution is 6.05. The summed E-state index contributed by atoms with van der Waals surface area (Å²) in [5.74, 6) is -0.993. The molecule has 0 aliphatic carbocycles. The molecule has 2 rings (SSSR count). The SMILES string of the molecule is Cc1cccc(C(=O)Nc2ccc(C(=O)O)cn2)c1C. The number of aromatic nitrogens is 1. The lowest BCUT2D eigenvalue weighted by Gasteiger charge is -2.09. The Hall–Kier alpha value is -2.69. The van der Waals surface area contributed by atoms with Crippen LogP contribution in [0.15, 0.2) is 36.5 Å². The summed E-state index contributed by atoms with van der Waals surface area (Å²) in [7, 11) is 0. The van der Waals surface area contributed by atoms with Gasteiger partial charge in [0.1, 0.15) is 5.82 Å². The van der Waals surface area contributed by atoms with E-state index >= 15 is 0 Å². The fourth-order valence-electron chi connectivity index (χ4n) is 1.78. The number of benzene rings is 1. The molecule has 102 valence electrons. The molecule has 5 heteroatoms. The molecule has 0 bridgehead atoms. The number of carboxylic acid groups (broad SMARTS) is 1. The van der Waals surface area contributed by atoms with Crippen LogP contribution < -0.4 is 5.32 Å². The lowest BCUT2D eigenvalue weighted by molar-refractivity contribution is 0.0696. The van der Waals surface area contributed by atoms with Crippen molar-refractivity contribution in [1.29, 1.82) is 0 Å². The fraction of sp³-hybridized carbons (Fsp3) is 0.133.